The van der Waals surface area contributed by atoms with Crippen molar-refractivity contribution in [1.29, 1.82) is 0 Å². The summed E-state index contributed by atoms with van der Waals surface area (Å²) in [4.78, 5) is 43.2. The van der Waals surface area contributed by atoms with E-state index in [-0.39, 0.29) is 30.1 Å². The fraction of sp³-hybridized carbons (Fsp3) is 0.348. The van der Waals surface area contributed by atoms with Crippen molar-refractivity contribution >= 4 is 17.7 Å². The summed E-state index contributed by atoms with van der Waals surface area (Å²) in [5.41, 5.74) is 1.74. The van der Waals surface area contributed by atoms with Crippen LogP contribution in [0.2, 0.25) is 0 Å². The van der Waals surface area contributed by atoms with E-state index in [0.717, 1.165) is 5.56 Å². The Bertz CT molecular complexity index is 877. The van der Waals surface area contributed by atoms with Gasteiger partial charge in [-0.1, -0.05) is 48.5 Å². The summed E-state index contributed by atoms with van der Waals surface area (Å²) in [6.07, 6.45) is 0.273. The zero-order valence-electron chi connectivity index (χ0n) is 16.4. The van der Waals surface area contributed by atoms with Gasteiger partial charge in [0.2, 0.25) is 11.8 Å². The van der Waals surface area contributed by atoms with Gasteiger partial charge in [-0.15, -0.1) is 0 Å². The van der Waals surface area contributed by atoms with Gasteiger partial charge in [-0.3, -0.25) is 14.4 Å². The van der Waals surface area contributed by atoms with Crippen molar-refractivity contribution in [3.8, 4) is 0 Å². The van der Waals surface area contributed by atoms with Crippen molar-refractivity contribution in [2.24, 2.45) is 5.92 Å². The Morgan fingerprint density at radius 2 is 1.41 bits per heavy atom. The van der Waals surface area contributed by atoms with Gasteiger partial charge in [-0.25, -0.2) is 0 Å². The molecule has 0 spiro atoms. The lowest BCUT2D eigenvalue weighted by atomic mass is 10.1. The summed E-state index contributed by atoms with van der Waals surface area (Å²) < 4.78 is 0. The van der Waals surface area contributed by atoms with Gasteiger partial charge in [0.1, 0.15) is 0 Å². The van der Waals surface area contributed by atoms with Crippen LogP contribution in [0.15, 0.2) is 60.7 Å². The van der Waals surface area contributed by atoms with Crippen LogP contribution in [0.1, 0.15) is 22.3 Å². The van der Waals surface area contributed by atoms with Gasteiger partial charge in [0.25, 0.3) is 5.91 Å². The number of benzene rings is 2. The maximum atomic E-state index is 12.9. The van der Waals surface area contributed by atoms with Crippen LogP contribution in [0.3, 0.4) is 0 Å². The number of carbonyl (C=O) groups is 3. The molecule has 0 bridgehead atoms. The highest BCUT2D eigenvalue weighted by atomic mass is 16.2. The molecule has 2 aromatic carbocycles. The summed E-state index contributed by atoms with van der Waals surface area (Å²) in [5.74, 6) is -0.226. The van der Waals surface area contributed by atoms with Crippen LogP contribution in [0.5, 0.6) is 0 Å². The standard InChI is InChI=1S/C23H25N3O3/c27-21-15-20(17-26(21)16-18-7-3-1-4-8-18)23(29)25-13-11-24(12-14-25)22(28)19-9-5-2-6-10-19/h1-10,20H,11-17H2/t20-/m0/s1. The van der Waals surface area contributed by atoms with Crippen molar-refractivity contribution < 1.29 is 14.4 Å². The smallest absolute Gasteiger partial charge is 0.253 e. The lowest BCUT2D eigenvalue weighted by Gasteiger charge is -2.36. The predicted octanol–water partition coefficient (Wildman–Crippen LogP) is 2.02. The van der Waals surface area contributed by atoms with Gasteiger partial charge in [0.05, 0.1) is 5.92 Å². The molecular weight excluding hydrogens is 366 g/mol. The number of hydrogen-bond donors (Lipinski definition) is 0. The van der Waals surface area contributed by atoms with Gasteiger partial charge in [0.15, 0.2) is 0 Å². The first-order valence-corrected chi connectivity index (χ1v) is 10.1. The van der Waals surface area contributed by atoms with E-state index >= 15 is 0 Å². The predicted molar refractivity (Wildman–Crippen MR) is 109 cm³/mol. The maximum Gasteiger partial charge on any atom is 0.253 e. The average molecular weight is 391 g/mol. The summed E-state index contributed by atoms with van der Waals surface area (Å²) in [7, 11) is 0. The monoisotopic (exact) mass is 391 g/mol. The molecule has 4 rings (SSSR count). The number of rotatable bonds is 4. The summed E-state index contributed by atoms with van der Waals surface area (Å²) in [6.45, 7) is 3.09. The fourth-order valence-corrected chi connectivity index (χ4v) is 4.05. The number of hydrogen-bond acceptors (Lipinski definition) is 3. The van der Waals surface area contributed by atoms with Crippen molar-refractivity contribution in [2.75, 3.05) is 32.7 Å². The van der Waals surface area contributed by atoms with E-state index in [0.29, 0.717) is 44.8 Å². The Hall–Kier alpha value is -3.15. The third kappa shape index (κ3) is 4.31. The SMILES string of the molecule is O=C1C[C@H](C(=O)N2CCN(C(=O)c3ccccc3)CC2)CN1Cc1ccccc1. The highest BCUT2D eigenvalue weighted by Gasteiger charge is 2.37. The van der Waals surface area contributed by atoms with Crippen LogP contribution in [0, 0.1) is 5.92 Å². The van der Waals surface area contributed by atoms with Crippen LogP contribution in [-0.4, -0.2) is 65.1 Å². The molecule has 2 aromatic rings. The number of amides is 3. The van der Waals surface area contributed by atoms with Crippen LogP contribution in [-0.2, 0) is 16.1 Å². The molecular formula is C23H25N3O3. The first kappa shape index (κ1) is 19.2. The third-order valence-electron chi connectivity index (χ3n) is 5.68. The van der Waals surface area contributed by atoms with Crippen LogP contribution < -0.4 is 0 Å². The molecule has 2 fully saturated rings. The van der Waals surface area contributed by atoms with Gasteiger partial charge >= 0.3 is 0 Å². The molecule has 150 valence electrons. The van der Waals surface area contributed by atoms with Gasteiger partial charge in [-0.2, -0.15) is 0 Å². The molecule has 2 aliphatic heterocycles. The van der Waals surface area contributed by atoms with E-state index in [1.807, 2.05) is 60.7 Å². The third-order valence-corrected chi connectivity index (χ3v) is 5.68. The maximum absolute atomic E-state index is 12.9. The number of carbonyl (C=O) groups excluding carboxylic acids is 3. The zero-order valence-corrected chi connectivity index (χ0v) is 16.4. The molecule has 2 aliphatic rings. The average Bonchev–Trinajstić information content (AvgIpc) is 3.14. The Labute approximate surface area is 170 Å². The Kier molecular flexibility index (Phi) is 5.60. The highest BCUT2D eigenvalue weighted by Crippen LogP contribution is 2.23. The largest absolute Gasteiger partial charge is 0.339 e. The van der Waals surface area contributed by atoms with Crippen molar-refractivity contribution in [1.82, 2.24) is 14.7 Å². The highest BCUT2D eigenvalue weighted by molar-refractivity contribution is 5.94. The first-order chi connectivity index (χ1) is 14.1. The summed E-state index contributed by atoms with van der Waals surface area (Å²) in [5, 5.41) is 0. The Morgan fingerprint density at radius 3 is 2.07 bits per heavy atom. The minimum absolute atomic E-state index is 0.00257. The van der Waals surface area contributed by atoms with E-state index in [1.165, 1.54) is 0 Å². The molecule has 29 heavy (non-hydrogen) atoms. The van der Waals surface area contributed by atoms with E-state index in [4.69, 9.17) is 0 Å². The molecule has 6 nitrogen and oxygen atoms in total. The molecule has 0 aliphatic carbocycles. The molecule has 2 saturated heterocycles. The second-order valence-electron chi connectivity index (χ2n) is 7.64. The summed E-state index contributed by atoms with van der Waals surface area (Å²) >= 11 is 0. The van der Waals surface area contributed by atoms with Crippen LogP contribution >= 0.6 is 0 Å². The minimum atomic E-state index is -0.289. The normalized spacial score (nSPS) is 19.5. The number of nitrogens with zero attached hydrogens (tertiary/aromatic N) is 3. The Balaban J connectivity index is 1.31. The lowest BCUT2D eigenvalue weighted by molar-refractivity contribution is -0.137. The number of piperazine rings is 1. The fourth-order valence-electron chi connectivity index (χ4n) is 4.05. The molecule has 0 aromatic heterocycles. The minimum Gasteiger partial charge on any atom is -0.339 e. The molecule has 3 amide bonds. The molecule has 0 saturated carbocycles. The molecule has 0 N–H and O–H groups in total. The molecule has 6 heteroatoms. The van der Waals surface area contributed by atoms with E-state index < -0.39 is 0 Å². The second-order valence-corrected chi connectivity index (χ2v) is 7.64. The second kappa shape index (κ2) is 8.47. The van der Waals surface area contributed by atoms with Crippen LogP contribution in [0.25, 0.3) is 0 Å². The van der Waals surface area contributed by atoms with Gasteiger partial charge < -0.3 is 14.7 Å². The van der Waals surface area contributed by atoms with E-state index in [9.17, 15) is 14.4 Å². The van der Waals surface area contributed by atoms with E-state index in [1.54, 1.807) is 14.7 Å². The Morgan fingerprint density at radius 1 is 0.828 bits per heavy atom. The van der Waals surface area contributed by atoms with E-state index in [2.05, 4.69) is 0 Å². The zero-order chi connectivity index (χ0) is 20.2. The molecule has 2 heterocycles. The quantitative estimate of drug-likeness (QED) is 0.801. The van der Waals surface area contributed by atoms with Crippen molar-refractivity contribution in [2.45, 2.75) is 13.0 Å². The van der Waals surface area contributed by atoms with Gasteiger partial charge in [-0.05, 0) is 17.7 Å². The van der Waals surface area contributed by atoms with Crippen LogP contribution in [0.4, 0.5) is 0 Å². The molecule has 1 atom stereocenters. The lowest BCUT2D eigenvalue weighted by Crippen LogP contribution is -2.52. The van der Waals surface area contributed by atoms with Gasteiger partial charge in [0, 0.05) is 51.3 Å². The van der Waals surface area contributed by atoms with Crippen molar-refractivity contribution in [3.63, 3.8) is 0 Å². The van der Waals surface area contributed by atoms with Crippen molar-refractivity contribution in [3.05, 3.63) is 71.8 Å². The summed E-state index contributed by atoms with van der Waals surface area (Å²) in [6, 6.07) is 19.1. The topological polar surface area (TPSA) is 60.9 Å². The molecule has 0 unspecified atom stereocenters. The first-order valence-electron chi connectivity index (χ1n) is 10.1. The molecule has 0 radical (unpaired) electrons. The number of likely N-dealkylation sites (tertiary alicyclic amines) is 1.